The van der Waals surface area contributed by atoms with Crippen LogP contribution in [0, 0.1) is 29.5 Å². The lowest BCUT2D eigenvalue weighted by Gasteiger charge is -2.18. The average molecular weight is 528 g/mol. The molecule has 1 saturated carbocycles. The van der Waals surface area contributed by atoms with Crippen LogP contribution in [0.3, 0.4) is 0 Å². The number of carbonyl (C=O) groups is 2. The lowest BCUT2D eigenvalue weighted by Crippen LogP contribution is -2.39. The molecule has 4 atom stereocenters. The maximum absolute atomic E-state index is 13.4. The number of hydrogen-bond acceptors (Lipinski definition) is 4. The Labute approximate surface area is 191 Å². The zero-order valence-corrected chi connectivity index (χ0v) is 19.0. The Hall–Kier alpha value is -2.17. The first-order chi connectivity index (χ1) is 14.0. The number of likely N-dealkylation sites (tertiary alicyclic amines) is 1. The van der Waals surface area contributed by atoms with Gasteiger partial charge in [0, 0.05) is 26.7 Å². The predicted molar refractivity (Wildman–Crippen MR) is 121 cm³/mol. The number of aliphatic imine (C=N–C) groups is 1. The number of nitrogens with one attached hydrogen (secondary N) is 2. The van der Waals surface area contributed by atoms with Crippen LogP contribution in [0.25, 0.3) is 0 Å². The maximum atomic E-state index is 13.4. The summed E-state index contributed by atoms with van der Waals surface area (Å²) >= 11 is 0. The molecule has 0 radical (unpaired) electrons. The van der Waals surface area contributed by atoms with Crippen molar-refractivity contribution in [3.63, 3.8) is 0 Å². The number of halogens is 2. The van der Waals surface area contributed by atoms with Gasteiger partial charge in [-0.05, 0) is 42.4 Å². The largest absolute Gasteiger partial charge is 0.505 e. The van der Waals surface area contributed by atoms with Gasteiger partial charge >= 0.3 is 0 Å². The molecule has 2 fully saturated rings. The number of rotatable bonds is 6. The second-order valence-corrected chi connectivity index (χ2v) is 7.82. The molecule has 7 nitrogen and oxygen atoms in total. The highest BCUT2D eigenvalue weighted by Crippen LogP contribution is 2.52. The molecule has 0 aromatic heterocycles. The van der Waals surface area contributed by atoms with Gasteiger partial charge in [-0.25, -0.2) is 4.39 Å². The van der Waals surface area contributed by atoms with Crippen molar-refractivity contribution < 1.29 is 19.1 Å². The van der Waals surface area contributed by atoms with E-state index < -0.39 is 5.82 Å². The standard InChI is InChI=1S/C21H25FN4O3.HI/c1-23-21(25-11-12-3-6-16(27)15(22)9-12)24-7-2-8-26-19(28)17-13-4-5-14(10-13)18(17)20(26)29;/h3-6,9,13-14,17-18,27H,2,7-8,10-11H2,1H3,(H2,23,24,25);1H. The van der Waals surface area contributed by atoms with Gasteiger partial charge in [0.25, 0.3) is 0 Å². The fraction of sp³-hybridized carbons (Fsp3) is 0.476. The minimum Gasteiger partial charge on any atom is -0.505 e. The van der Waals surface area contributed by atoms with Crippen molar-refractivity contribution >= 4 is 41.8 Å². The van der Waals surface area contributed by atoms with E-state index in [9.17, 15) is 19.1 Å². The summed E-state index contributed by atoms with van der Waals surface area (Å²) < 4.78 is 13.4. The predicted octanol–water partition coefficient (Wildman–Crippen LogP) is 2.01. The number of aromatic hydroxyl groups is 1. The molecule has 4 unspecified atom stereocenters. The fourth-order valence-corrected chi connectivity index (χ4v) is 4.70. The van der Waals surface area contributed by atoms with Gasteiger partial charge in [0.05, 0.1) is 11.8 Å². The van der Waals surface area contributed by atoms with Crippen LogP contribution in [0.4, 0.5) is 4.39 Å². The van der Waals surface area contributed by atoms with Crippen molar-refractivity contribution in [2.45, 2.75) is 19.4 Å². The van der Waals surface area contributed by atoms with E-state index in [0.717, 1.165) is 6.42 Å². The minimum atomic E-state index is -0.666. The Morgan fingerprint density at radius 1 is 1.20 bits per heavy atom. The van der Waals surface area contributed by atoms with Gasteiger partial charge in [0.15, 0.2) is 17.5 Å². The second-order valence-electron chi connectivity index (χ2n) is 7.82. The number of imide groups is 1. The van der Waals surface area contributed by atoms with E-state index in [1.807, 2.05) is 0 Å². The van der Waals surface area contributed by atoms with Crippen molar-refractivity contribution in [1.29, 1.82) is 0 Å². The van der Waals surface area contributed by atoms with Crippen molar-refractivity contribution in [2.75, 3.05) is 20.1 Å². The van der Waals surface area contributed by atoms with Gasteiger partial charge in [-0.1, -0.05) is 18.2 Å². The van der Waals surface area contributed by atoms with E-state index in [1.165, 1.54) is 17.0 Å². The first-order valence-electron chi connectivity index (χ1n) is 9.95. The van der Waals surface area contributed by atoms with Crippen LogP contribution in [0.1, 0.15) is 18.4 Å². The zero-order valence-electron chi connectivity index (χ0n) is 16.7. The fourth-order valence-electron chi connectivity index (χ4n) is 4.70. The van der Waals surface area contributed by atoms with E-state index in [2.05, 4.69) is 27.8 Å². The van der Waals surface area contributed by atoms with Gasteiger partial charge in [0.2, 0.25) is 11.8 Å². The third-order valence-electron chi connectivity index (χ3n) is 6.11. The van der Waals surface area contributed by atoms with E-state index in [0.29, 0.717) is 37.6 Å². The quantitative estimate of drug-likeness (QED) is 0.131. The number of amides is 2. The molecule has 1 aliphatic heterocycles. The number of phenolic OH excluding ortho intramolecular Hbond substituents is 1. The SMILES string of the molecule is CN=C(NCCCN1C(=O)C2C3C=CC(C3)C2C1=O)NCc1ccc(O)c(F)c1.I. The minimum absolute atomic E-state index is 0. The monoisotopic (exact) mass is 528 g/mol. The van der Waals surface area contributed by atoms with Crippen LogP contribution in [0.5, 0.6) is 5.75 Å². The van der Waals surface area contributed by atoms with Gasteiger partial charge in [-0.2, -0.15) is 0 Å². The van der Waals surface area contributed by atoms with Crippen LogP contribution < -0.4 is 10.6 Å². The second kappa shape index (κ2) is 9.32. The molecule has 2 aliphatic carbocycles. The van der Waals surface area contributed by atoms with Crippen molar-refractivity contribution in [1.82, 2.24) is 15.5 Å². The lowest BCUT2D eigenvalue weighted by molar-refractivity contribution is -0.140. The summed E-state index contributed by atoms with van der Waals surface area (Å²) in [6, 6.07) is 4.20. The lowest BCUT2D eigenvalue weighted by atomic mass is 9.85. The molecular formula is C21H26FIN4O3. The average Bonchev–Trinajstić information content (AvgIpc) is 3.39. The summed E-state index contributed by atoms with van der Waals surface area (Å²) in [7, 11) is 1.63. The van der Waals surface area contributed by atoms with E-state index in [4.69, 9.17) is 0 Å². The molecule has 30 heavy (non-hydrogen) atoms. The molecule has 3 aliphatic rings. The number of phenols is 1. The molecule has 4 rings (SSSR count). The van der Waals surface area contributed by atoms with Gasteiger partial charge < -0.3 is 15.7 Å². The Bertz CT molecular complexity index is 861. The molecule has 2 bridgehead atoms. The normalized spacial score (nSPS) is 26.7. The molecule has 2 amide bonds. The van der Waals surface area contributed by atoms with Crippen LogP contribution in [0.15, 0.2) is 35.3 Å². The van der Waals surface area contributed by atoms with E-state index in [-0.39, 0.29) is 65.2 Å². The highest BCUT2D eigenvalue weighted by Gasteiger charge is 2.58. The van der Waals surface area contributed by atoms with E-state index >= 15 is 0 Å². The third-order valence-corrected chi connectivity index (χ3v) is 6.11. The molecule has 0 spiro atoms. The molecule has 1 heterocycles. The Morgan fingerprint density at radius 2 is 1.87 bits per heavy atom. The topological polar surface area (TPSA) is 94.0 Å². The summed E-state index contributed by atoms with van der Waals surface area (Å²) in [5, 5.41) is 15.4. The summed E-state index contributed by atoms with van der Waals surface area (Å²) in [5.41, 5.74) is 0.672. The smallest absolute Gasteiger partial charge is 0.233 e. The number of guanidine groups is 1. The van der Waals surface area contributed by atoms with Crippen LogP contribution >= 0.6 is 24.0 Å². The Kier molecular flexibility index (Phi) is 6.99. The van der Waals surface area contributed by atoms with Crippen LogP contribution in [-0.2, 0) is 16.1 Å². The number of fused-ring (bicyclic) bond motifs is 5. The van der Waals surface area contributed by atoms with E-state index in [1.54, 1.807) is 13.1 Å². The summed E-state index contributed by atoms with van der Waals surface area (Å²) in [6.07, 6.45) is 5.75. The van der Waals surface area contributed by atoms with Crippen LogP contribution in [0.2, 0.25) is 0 Å². The molecule has 1 aromatic rings. The number of nitrogens with zero attached hydrogens (tertiary/aromatic N) is 2. The van der Waals surface area contributed by atoms with Crippen LogP contribution in [-0.4, -0.2) is 47.9 Å². The molecule has 3 N–H and O–H groups in total. The van der Waals surface area contributed by atoms with Gasteiger partial charge in [-0.3, -0.25) is 19.5 Å². The van der Waals surface area contributed by atoms with Crippen molar-refractivity contribution in [2.24, 2.45) is 28.7 Å². The molecule has 9 heteroatoms. The summed E-state index contributed by atoms with van der Waals surface area (Å²) in [4.78, 5) is 30.8. The van der Waals surface area contributed by atoms with Gasteiger partial charge in [0.1, 0.15) is 0 Å². The Morgan fingerprint density at radius 3 is 2.47 bits per heavy atom. The number of benzene rings is 1. The van der Waals surface area contributed by atoms with Gasteiger partial charge in [-0.15, -0.1) is 24.0 Å². The summed E-state index contributed by atoms with van der Waals surface area (Å²) in [5.74, 6) is -0.374. The zero-order chi connectivity index (χ0) is 20.5. The molecule has 162 valence electrons. The third kappa shape index (κ3) is 4.17. The number of allylic oxidation sites excluding steroid dienone is 2. The number of hydrogen-bond donors (Lipinski definition) is 3. The van der Waals surface area contributed by atoms with Crippen molar-refractivity contribution in [3.05, 3.63) is 41.7 Å². The first-order valence-corrected chi connectivity index (χ1v) is 9.95. The highest BCUT2D eigenvalue weighted by molar-refractivity contribution is 14.0. The Balaban J connectivity index is 0.00000256. The maximum Gasteiger partial charge on any atom is 0.233 e. The molecule has 1 saturated heterocycles. The molecular weight excluding hydrogens is 502 g/mol. The van der Waals surface area contributed by atoms with Crippen molar-refractivity contribution in [3.8, 4) is 5.75 Å². The number of carbonyl (C=O) groups excluding carboxylic acids is 2. The highest BCUT2D eigenvalue weighted by atomic mass is 127. The first kappa shape index (κ1) is 22.5. The summed E-state index contributed by atoms with van der Waals surface area (Å²) in [6.45, 7) is 1.29. The molecule has 1 aromatic carbocycles.